The van der Waals surface area contributed by atoms with E-state index in [4.69, 9.17) is 4.74 Å². The van der Waals surface area contributed by atoms with Crippen molar-refractivity contribution in [1.82, 2.24) is 0 Å². The molecule has 1 atom stereocenters. The maximum Gasteiger partial charge on any atom is 0.0547 e. The summed E-state index contributed by atoms with van der Waals surface area (Å²) in [4.78, 5) is 0. The Hall–Kier alpha value is -0.0400. The second-order valence-corrected chi connectivity index (χ2v) is 8.48. The molecule has 1 unspecified atom stereocenters. The van der Waals surface area contributed by atoms with Gasteiger partial charge < -0.3 is 4.74 Å². The average molecular weight is 369 g/mol. The van der Waals surface area contributed by atoms with E-state index < -0.39 is 0 Å². The maximum absolute atomic E-state index is 5.97. The van der Waals surface area contributed by atoms with Crippen LogP contribution in [0.15, 0.2) is 0 Å². The molecule has 0 bridgehead atoms. The van der Waals surface area contributed by atoms with Crippen molar-refractivity contribution < 1.29 is 4.74 Å². The number of hydrogen-bond acceptors (Lipinski definition) is 1. The van der Waals surface area contributed by atoms with E-state index in [2.05, 4.69) is 20.8 Å². The van der Waals surface area contributed by atoms with E-state index in [0.717, 1.165) is 6.61 Å². The summed E-state index contributed by atoms with van der Waals surface area (Å²) in [6.07, 6.45) is 28.5. The molecule has 0 aliphatic heterocycles. The van der Waals surface area contributed by atoms with Crippen molar-refractivity contribution in [2.75, 3.05) is 6.61 Å². The van der Waals surface area contributed by atoms with Gasteiger partial charge in [0.1, 0.15) is 0 Å². The summed E-state index contributed by atoms with van der Waals surface area (Å²) in [5, 5.41) is 0. The van der Waals surface area contributed by atoms with Gasteiger partial charge in [-0.3, -0.25) is 0 Å². The zero-order chi connectivity index (χ0) is 19.1. The van der Waals surface area contributed by atoms with Crippen molar-refractivity contribution in [2.24, 2.45) is 0 Å². The quantitative estimate of drug-likeness (QED) is 0.173. The molecule has 0 aromatic carbocycles. The number of rotatable bonds is 22. The summed E-state index contributed by atoms with van der Waals surface area (Å²) >= 11 is 0. The van der Waals surface area contributed by atoms with Crippen LogP contribution in [0, 0.1) is 0 Å². The van der Waals surface area contributed by atoms with Gasteiger partial charge in [0.05, 0.1) is 6.10 Å². The summed E-state index contributed by atoms with van der Waals surface area (Å²) in [5.74, 6) is 0. The van der Waals surface area contributed by atoms with Crippen LogP contribution in [0.5, 0.6) is 0 Å². The van der Waals surface area contributed by atoms with E-state index in [1.54, 1.807) is 0 Å². The summed E-state index contributed by atoms with van der Waals surface area (Å²) in [7, 11) is 0. The standard InChI is InChI=1S/C25H52O/c1-4-6-8-10-12-13-14-15-16-17-18-20-22-24-26-25(3)23-21-19-11-9-7-5-2/h25H,4-24H2,1-3H3. The fourth-order valence-corrected chi connectivity index (χ4v) is 3.70. The molecule has 0 amide bonds. The monoisotopic (exact) mass is 368 g/mol. The minimum Gasteiger partial charge on any atom is -0.379 e. The third-order valence-corrected chi connectivity index (χ3v) is 5.61. The lowest BCUT2D eigenvalue weighted by Gasteiger charge is -2.12. The van der Waals surface area contributed by atoms with Gasteiger partial charge in [0, 0.05) is 6.61 Å². The topological polar surface area (TPSA) is 9.23 Å². The highest BCUT2D eigenvalue weighted by molar-refractivity contribution is 4.53. The van der Waals surface area contributed by atoms with E-state index in [1.165, 1.54) is 128 Å². The first kappa shape index (κ1) is 26.0. The zero-order valence-corrected chi connectivity index (χ0v) is 18.8. The van der Waals surface area contributed by atoms with Crippen molar-refractivity contribution >= 4 is 0 Å². The Morgan fingerprint density at radius 2 is 0.808 bits per heavy atom. The second kappa shape index (κ2) is 23.0. The van der Waals surface area contributed by atoms with Gasteiger partial charge in [0.15, 0.2) is 0 Å². The van der Waals surface area contributed by atoms with E-state index in [1.807, 2.05) is 0 Å². The molecule has 0 aromatic heterocycles. The van der Waals surface area contributed by atoms with Crippen molar-refractivity contribution in [3.8, 4) is 0 Å². The molecule has 0 rings (SSSR count). The Balaban J connectivity index is 3.09. The van der Waals surface area contributed by atoms with Crippen LogP contribution in [0.4, 0.5) is 0 Å². The van der Waals surface area contributed by atoms with E-state index >= 15 is 0 Å². The lowest BCUT2D eigenvalue weighted by Crippen LogP contribution is -2.09. The molecule has 1 nitrogen and oxygen atoms in total. The first-order valence-corrected chi connectivity index (χ1v) is 12.4. The summed E-state index contributed by atoms with van der Waals surface area (Å²) in [6, 6.07) is 0. The molecule has 0 heterocycles. The smallest absolute Gasteiger partial charge is 0.0547 e. The van der Waals surface area contributed by atoms with Crippen LogP contribution >= 0.6 is 0 Å². The Labute approximate surface area is 167 Å². The minimum atomic E-state index is 0.471. The lowest BCUT2D eigenvalue weighted by atomic mass is 10.0. The highest BCUT2D eigenvalue weighted by Gasteiger charge is 2.02. The molecule has 26 heavy (non-hydrogen) atoms. The molecule has 0 fully saturated rings. The molecule has 0 saturated carbocycles. The van der Waals surface area contributed by atoms with Crippen molar-refractivity contribution in [3.63, 3.8) is 0 Å². The van der Waals surface area contributed by atoms with Crippen molar-refractivity contribution in [2.45, 2.75) is 155 Å². The Morgan fingerprint density at radius 3 is 1.23 bits per heavy atom. The summed E-state index contributed by atoms with van der Waals surface area (Å²) in [6.45, 7) is 7.82. The number of ether oxygens (including phenoxy) is 1. The molecule has 0 aromatic rings. The first-order valence-electron chi connectivity index (χ1n) is 12.4. The van der Waals surface area contributed by atoms with Gasteiger partial charge in [-0.2, -0.15) is 0 Å². The highest BCUT2D eigenvalue weighted by atomic mass is 16.5. The fourth-order valence-electron chi connectivity index (χ4n) is 3.70. The third-order valence-electron chi connectivity index (χ3n) is 5.61. The van der Waals surface area contributed by atoms with Gasteiger partial charge in [-0.15, -0.1) is 0 Å². The van der Waals surface area contributed by atoms with Crippen LogP contribution in [0.25, 0.3) is 0 Å². The third kappa shape index (κ3) is 22.0. The van der Waals surface area contributed by atoms with E-state index in [-0.39, 0.29) is 0 Å². The molecular weight excluding hydrogens is 316 g/mol. The predicted octanol–water partition coefficient (Wildman–Crippen LogP) is 9.23. The van der Waals surface area contributed by atoms with Gasteiger partial charge in [-0.05, 0) is 19.8 Å². The second-order valence-electron chi connectivity index (χ2n) is 8.48. The van der Waals surface area contributed by atoms with Crippen LogP contribution in [0.1, 0.15) is 149 Å². The van der Waals surface area contributed by atoms with E-state index in [0.29, 0.717) is 6.10 Å². The van der Waals surface area contributed by atoms with Crippen molar-refractivity contribution in [3.05, 3.63) is 0 Å². The number of unbranched alkanes of at least 4 members (excludes halogenated alkanes) is 17. The Bertz CT molecular complexity index is 238. The van der Waals surface area contributed by atoms with Crippen LogP contribution in [0.3, 0.4) is 0 Å². The van der Waals surface area contributed by atoms with Crippen LogP contribution in [0.2, 0.25) is 0 Å². The van der Waals surface area contributed by atoms with Gasteiger partial charge in [-0.25, -0.2) is 0 Å². The lowest BCUT2D eigenvalue weighted by molar-refractivity contribution is 0.0557. The molecule has 0 saturated heterocycles. The van der Waals surface area contributed by atoms with Gasteiger partial charge in [0.25, 0.3) is 0 Å². The molecule has 0 aliphatic carbocycles. The Kier molecular flexibility index (Phi) is 23.0. The van der Waals surface area contributed by atoms with Crippen molar-refractivity contribution in [1.29, 1.82) is 0 Å². The maximum atomic E-state index is 5.97. The normalized spacial score (nSPS) is 12.6. The predicted molar refractivity (Wildman–Crippen MR) is 119 cm³/mol. The Morgan fingerprint density at radius 1 is 0.462 bits per heavy atom. The van der Waals surface area contributed by atoms with Gasteiger partial charge in [0.2, 0.25) is 0 Å². The van der Waals surface area contributed by atoms with Gasteiger partial charge >= 0.3 is 0 Å². The molecule has 0 spiro atoms. The largest absolute Gasteiger partial charge is 0.379 e. The van der Waals surface area contributed by atoms with Crippen LogP contribution in [-0.2, 0) is 4.74 Å². The fraction of sp³-hybridized carbons (Fsp3) is 1.00. The zero-order valence-electron chi connectivity index (χ0n) is 18.8. The SMILES string of the molecule is CCCCCCCCCCCCCCCOC(C)CCCCCCCC. The molecule has 0 N–H and O–H groups in total. The molecule has 0 radical (unpaired) electrons. The molecule has 158 valence electrons. The molecular formula is C25H52O. The minimum absolute atomic E-state index is 0.471. The van der Waals surface area contributed by atoms with Crippen LogP contribution in [-0.4, -0.2) is 12.7 Å². The average Bonchev–Trinajstić information content (AvgIpc) is 2.65. The molecule has 0 aliphatic rings. The number of hydrogen-bond donors (Lipinski definition) is 0. The van der Waals surface area contributed by atoms with Gasteiger partial charge in [-0.1, -0.05) is 129 Å². The summed E-state index contributed by atoms with van der Waals surface area (Å²) in [5.41, 5.74) is 0. The summed E-state index contributed by atoms with van der Waals surface area (Å²) < 4.78 is 5.97. The highest BCUT2D eigenvalue weighted by Crippen LogP contribution is 2.13. The van der Waals surface area contributed by atoms with E-state index in [9.17, 15) is 0 Å². The van der Waals surface area contributed by atoms with Crippen LogP contribution < -0.4 is 0 Å². The molecule has 1 heteroatoms. The first-order chi connectivity index (χ1) is 12.8.